The van der Waals surface area contributed by atoms with Crippen LogP contribution in [0.4, 0.5) is 13.2 Å². The van der Waals surface area contributed by atoms with Gasteiger partial charge in [0.15, 0.2) is 0 Å². The van der Waals surface area contributed by atoms with E-state index < -0.39 is 35.5 Å². The van der Waals surface area contributed by atoms with Crippen molar-refractivity contribution in [3.05, 3.63) is 29.3 Å². The molecule has 0 aromatic heterocycles. The van der Waals surface area contributed by atoms with Gasteiger partial charge in [0, 0.05) is 25.6 Å². The maximum absolute atomic E-state index is 12.9. The van der Waals surface area contributed by atoms with Crippen molar-refractivity contribution in [3.63, 3.8) is 0 Å². The van der Waals surface area contributed by atoms with Crippen LogP contribution in [0.5, 0.6) is 5.75 Å². The zero-order chi connectivity index (χ0) is 19.9. The first-order valence-corrected chi connectivity index (χ1v) is 8.70. The van der Waals surface area contributed by atoms with Gasteiger partial charge in [0.1, 0.15) is 5.75 Å². The molecule has 0 unspecified atom stereocenters. The fourth-order valence-electron chi connectivity index (χ4n) is 4.09. The molecule has 0 bridgehead atoms. The van der Waals surface area contributed by atoms with E-state index in [-0.39, 0.29) is 23.3 Å². The van der Waals surface area contributed by atoms with Crippen LogP contribution in [-0.4, -0.2) is 52.2 Å². The highest BCUT2D eigenvalue weighted by Crippen LogP contribution is 2.38. The van der Waals surface area contributed by atoms with E-state index in [0.29, 0.717) is 32.0 Å². The van der Waals surface area contributed by atoms with Gasteiger partial charge in [0.25, 0.3) is 5.91 Å². The molecule has 1 heterocycles. The highest BCUT2D eigenvalue weighted by atomic mass is 19.4. The van der Waals surface area contributed by atoms with Crippen molar-refractivity contribution >= 4 is 11.8 Å². The van der Waals surface area contributed by atoms with Gasteiger partial charge in [-0.2, -0.15) is 13.2 Å². The molecule has 2 fully saturated rings. The number of alkyl halides is 3. The van der Waals surface area contributed by atoms with Gasteiger partial charge in [-0.3, -0.25) is 9.59 Å². The molecule has 1 saturated heterocycles. The molecule has 1 aliphatic carbocycles. The maximum atomic E-state index is 12.9. The fraction of sp³-hybridized carbons (Fsp3) is 0.556. The third-order valence-electron chi connectivity index (χ3n) is 5.31. The first-order chi connectivity index (χ1) is 12.5. The van der Waals surface area contributed by atoms with E-state index in [1.807, 2.05) is 0 Å². The summed E-state index contributed by atoms with van der Waals surface area (Å²) in [7, 11) is 0. The number of aliphatic hydroxyl groups is 1. The molecule has 4 atom stereocenters. The molecule has 6 nitrogen and oxygen atoms in total. The molecule has 1 aromatic rings. The van der Waals surface area contributed by atoms with Crippen molar-refractivity contribution in [2.75, 3.05) is 13.1 Å². The molecule has 1 saturated carbocycles. The van der Waals surface area contributed by atoms with Gasteiger partial charge in [-0.15, -0.1) is 0 Å². The highest BCUT2D eigenvalue weighted by molar-refractivity contribution is 5.95. The summed E-state index contributed by atoms with van der Waals surface area (Å²) in [5.41, 5.74) is -1.30. The van der Waals surface area contributed by atoms with Crippen molar-refractivity contribution < 1.29 is 33.0 Å². The molecule has 1 aliphatic heterocycles. The first kappa shape index (κ1) is 19.5. The Labute approximate surface area is 154 Å². The van der Waals surface area contributed by atoms with Crippen molar-refractivity contribution in [1.29, 1.82) is 0 Å². The molecule has 3 rings (SSSR count). The summed E-state index contributed by atoms with van der Waals surface area (Å²) in [5, 5.41) is 22.5. The summed E-state index contributed by atoms with van der Waals surface area (Å²) in [6, 6.07) is 1.94. The zero-order valence-electron chi connectivity index (χ0n) is 14.7. The van der Waals surface area contributed by atoms with Gasteiger partial charge in [-0.05, 0) is 42.9 Å². The maximum Gasteiger partial charge on any atom is 0.416 e. The summed E-state index contributed by atoms with van der Waals surface area (Å²) in [6.45, 7) is 2.02. The summed E-state index contributed by atoms with van der Waals surface area (Å²) < 4.78 is 38.8. The molecular weight excluding hydrogens is 365 g/mol. The monoisotopic (exact) mass is 386 g/mol. The van der Waals surface area contributed by atoms with E-state index in [0.717, 1.165) is 12.1 Å². The Morgan fingerprint density at radius 3 is 2.37 bits per heavy atom. The molecule has 0 radical (unpaired) electrons. The Balaban J connectivity index is 1.75. The van der Waals surface area contributed by atoms with Crippen LogP contribution in [-0.2, 0) is 11.0 Å². The standard InChI is InChI=1S/C18H21F3N2O4/c1-9(24)22-15-4-11-7-23(8-12(11)5-16(15)26)17(27)10-2-13(18(19,20)21)6-14(25)3-10/h2-3,6,11-12,15-16,25-26H,4-5,7-8H2,1H3,(H,22,24)/t11-,12+,15-,16-/m1/s1. The molecular formula is C18H21F3N2O4. The largest absolute Gasteiger partial charge is 0.508 e. The summed E-state index contributed by atoms with van der Waals surface area (Å²) in [5.74, 6) is -1.38. The fourth-order valence-corrected chi connectivity index (χ4v) is 4.09. The predicted octanol–water partition coefficient (Wildman–Crippen LogP) is 1.76. The number of benzene rings is 1. The topological polar surface area (TPSA) is 89.9 Å². The van der Waals surface area contributed by atoms with E-state index in [9.17, 15) is 33.0 Å². The average molecular weight is 386 g/mol. The number of rotatable bonds is 2. The van der Waals surface area contributed by atoms with E-state index in [1.165, 1.54) is 11.8 Å². The number of likely N-dealkylation sites (tertiary alicyclic amines) is 1. The number of aliphatic hydroxyl groups excluding tert-OH is 1. The number of fused-ring (bicyclic) bond motifs is 1. The van der Waals surface area contributed by atoms with Crippen molar-refractivity contribution in [2.45, 2.75) is 38.1 Å². The Morgan fingerprint density at radius 1 is 1.15 bits per heavy atom. The lowest BCUT2D eigenvalue weighted by Gasteiger charge is -2.35. The number of nitrogens with zero attached hydrogens (tertiary/aromatic N) is 1. The Kier molecular flexibility index (Phi) is 5.07. The van der Waals surface area contributed by atoms with Crippen LogP contribution in [0, 0.1) is 11.8 Å². The molecule has 148 valence electrons. The number of carbonyl (C=O) groups excluding carboxylic acids is 2. The van der Waals surface area contributed by atoms with Gasteiger partial charge in [-0.1, -0.05) is 0 Å². The normalized spacial score (nSPS) is 28.0. The second-order valence-corrected chi connectivity index (χ2v) is 7.34. The predicted molar refractivity (Wildman–Crippen MR) is 88.8 cm³/mol. The van der Waals surface area contributed by atoms with Crippen LogP contribution in [0.25, 0.3) is 0 Å². The minimum Gasteiger partial charge on any atom is -0.508 e. The van der Waals surface area contributed by atoms with Crippen LogP contribution >= 0.6 is 0 Å². The lowest BCUT2D eigenvalue weighted by atomic mass is 9.77. The quantitative estimate of drug-likeness (QED) is 0.723. The third kappa shape index (κ3) is 4.18. The first-order valence-electron chi connectivity index (χ1n) is 8.70. The SMILES string of the molecule is CC(=O)N[C@@H]1C[C@@H]2CN(C(=O)c3cc(O)cc(C(F)(F)F)c3)C[C@@H]2C[C@H]1O. The van der Waals surface area contributed by atoms with Gasteiger partial charge < -0.3 is 20.4 Å². The van der Waals surface area contributed by atoms with Crippen LogP contribution in [0.3, 0.4) is 0 Å². The number of halogens is 3. The van der Waals surface area contributed by atoms with Gasteiger partial charge >= 0.3 is 6.18 Å². The smallest absolute Gasteiger partial charge is 0.416 e. The molecule has 9 heteroatoms. The minimum absolute atomic E-state index is 0.0216. The lowest BCUT2D eigenvalue weighted by molar-refractivity contribution is -0.137. The molecule has 27 heavy (non-hydrogen) atoms. The van der Waals surface area contributed by atoms with Crippen LogP contribution in [0.1, 0.15) is 35.7 Å². The van der Waals surface area contributed by atoms with E-state index in [2.05, 4.69) is 5.32 Å². The number of nitrogens with one attached hydrogen (secondary N) is 1. The molecule has 0 spiro atoms. The molecule has 2 aliphatic rings. The van der Waals surface area contributed by atoms with Crippen molar-refractivity contribution in [1.82, 2.24) is 10.2 Å². The van der Waals surface area contributed by atoms with Crippen LogP contribution in [0.15, 0.2) is 18.2 Å². The molecule has 2 amide bonds. The number of amides is 2. The third-order valence-corrected chi connectivity index (χ3v) is 5.31. The number of hydrogen-bond donors (Lipinski definition) is 3. The second-order valence-electron chi connectivity index (χ2n) is 7.34. The number of hydrogen-bond acceptors (Lipinski definition) is 4. The Bertz CT molecular complexity index is 753. The number of phenols is 1. The number of carbonyl (C=O) groups is 2. The molecule has 1 aromatic carbocycles. The Morgan fingerprint density at radius 2 is 1.78 bits per heavy atom. The van der Waals surface area contributed by atoms with Crippen molar-refractivity contribution in [2.24, 2.45) is 11.8 Å². The van der Waals surface area contributed by atoms with Gasteiger partial charge in [-0.25, -0.2) is 0 Å². The van der Waals surface area contributed by atoms with E-state index >= 15 is 0 Å². The number of aromatic hydroxyl groups is 1. The second kappa shape index (κ2) is 7.03. The van der Waals surface area contributed by atoms with Gasteiger partial charge in [0.05, 0.1) is 17.7 Å². The summed E-state index contributed by atoms with van der Waals surface area (Å²) in [6.07, 6.45) is -4.47. The van der Waals surface area contributed by atoms with E-state index in [4.69, 9.17) is 0 Å². The van der Waals surface area contributed by atoms with Crippen LogP contribution < -0.4 is 5.32 Å². The van der Waals surface area contributed by atoms with Gasteiger partial charge in [0.2, 0.25) is 5.91 Å². The van der Waals surface area contributed by atoms with E-state index in [1.54, 1.807) is 0 Å². The summed E-state index contributed by atoms with van der Waals surface area (Å²) >= 11 is 0. The lowest BCUT2D eigenvalue weighted by Crippen LogP contribution is -2.48. The van der Waals surface area contributed by atoms with Crippen LogP contribution in [0.2, 0.25) is 0 Å². The number of phenolic OH excluding ortho intramolecular Hbond substituents is 1. The van der Waals surface area contributed by atoms with Crippen molar-refractivity contribution in [3.8, 4) is 5.75 Å². The average Bonchev–Trinajstić information content (AvgIpc) is 2.95. The zero-order valence-corrected chi connectivity index (χ0v) is 14.7. The highest BCUT2D eigenvalue weighted by Gasteiger charge is 2.43. The minimum atomic E-state index is -4.66. The molecule has 3 N–H and O–H groups in total. The summed E-state index contributed by atoms with van der Waals surface area (Å²) in [4.78, 5) is 25.4. The Hall–Kier alpha value is -2.29.